The second kappa shape index (κ2) is 9.26. The molecule has 0 N–H and O–H groups in total. The molecular formula is C23H25FN2O4. The van der Waals surface area contributed by atoms with E-state index in [4.69, 9.17) is 9.47 Å². The third-order valence-corrected chi connectivity index (χ3v) is 5.55. The Bertz CT molecular complexity index is 896. The fourth-order valence-corrected chi connectivity index (χ4v) is 3.90. The van der Waals surface area contributed by atoms with Crippen molar-refractivity contribution in [3.63, 3.8) is 0 Å². The number of hydrogen-bond donors (Lipinski definition) is 0. The zero-order valence-electron chi connectivity index (χ0n) is 16.8. The SMILES string of the molecule is O=C(c1ccc(OCC2CCCN2C(=O)c2cccc(F)c2)cc1)N1CCOCC1. The van der Waals surface area contributed by atoms with Crippen LogP contribution >= 0.6 is 0 Å². The lowest BCUT2D eigenvalue weighted by Crippen LogP contribution is -2.40. The Labute approximate surface area is 175 Å². The van der Waals surface area contributed by atoms with Gasteiger partial charge in [-0.05, 0) is 55.3 Å². The minimum Gasteiger partial charge on any atom is -0.491 e. The normalized spacial score (nSPS) is 19.0. The van der Waals surface area contributed by atoms with Gasteiger partial charge in [0.25, 0.3) is 11.8 Å². The molecular weight excluding hydrogens is 387 g/mol. The maximum atomic E-state index is 13.5. The molecule has 0 aromatic heterocycles. The van der Waals surface area contributed by atoms with Crippen LogP contribution in [0.1, 0.15) is 33.6 Å². The third kappa shape index (κ3) is 4.62. The van der Waals surface area contributed by atoms with E-state index < -0.39 is 5.82 Å². The number of rotatable bonds is 5. The molecule has 2 fully saturated rings. The van der Waals surface area contributed by atoms with Crippen LogP contribution in [0.2, 0.25) is 0 Å². The summed E-state index contributed by atoms with van der Waals surface area (Å²) in [5.74, 6) is 0.0534. The molecule has 1 atom stereocenters. The van der Waals surface area contributed by atoms with Gasteiger partial charge in [-0.1, -0.05) is 6.07 Å². The van der Waals surface area contributed by atoms with Crippen molar-refractivity contribution >= 4 is 11.8 Å². The van der Waals surface area contributed by atoms with E-state index in [0.717, 1.165) is 12.8 Å². The lowest BCUT2D eigenvalue weighted by Gasteiger charge is -2.27. The highest BCUT2D eigenvalue weighted by molar-refractivity contribution is 5.95. The summed E-state index contributed by atoms with van der Waals surface area (Å²) in [7, 11) is 0. The van der Waals surface area contributed by atoms with E-state index in [0.29, 0.717) is 56.3 Å². The summed E-state index contributed by atoms with van der Waals surface area (Å²) >= 11 is 0. The van der Waals surface area contributed by atoms with Crippen molar-refractivity contribution in [2.45, 2.75) is 18.9 Å². The fourth-order valence-electron chi connectivity index (χ4n) is 3.90. The van der Waals surface area contributed by atoms with E-state index in [2.05, 4.69) is 0 Å². The van der Waals surface area contributed by atoms with Crippen molar-refractivity contribution in [3.05, 3.63) is 65.5 Å². The molecule has 2 saturated heterocycles. The molecule has 2 heterocycles. The van der Waals surface area contributed by atoms with Gasteiger partial charge in [0, 0.05) is 30.8 Å². The van der Waals surface area contributed by atoms with E-state index in [9.17, 15) is 14.0 Å². The molecule has 2 aromatic carbocycles. The first-order chi connectivity index (χ1) is 14.6. The Morgan fingerprint density at radius 3 is 2.50 bits per heavy atom. The fraction of sp³-hybridized carbons (Fsp3) is 0.391. The van der Waals surface area contributed by atoms with Gasteiger partial charge in [-0.2, -0.15) is 0 Å². The number of halogens is 1. The van der Waals surface area contributed by atoms with Gasteiger partial charge in [0.05, 0.1) is 19.3 Å². The molecule has 2 aliphatic rings. The van der Waals surface area contributed by atoms with Gasteiger partial charge in [-0.3, -0.25) is 9.59 Å². The molecule has 0 radical (unpaired) electrons. The van der Waals surface area contributed by atoms with Gasteiger partial charge < -0.3 is 19.3 Å². The quantitative estimate of drug-likeness (QED) is 0.758. The summed E-state index contributed by atoms with van der Waals surface area (Å²) in [4.78, 5) is 28.8. The minimum atomic E-state index is -0.417. The van der Waals surface area contributed by atoms with Crippen molar-refractivity contribution in [2.24, 2.45) is 0 Å². The van der Waals surface area contributed by atoms with Gasteiger partial charge >= 0.3 is 0 Å². The Balaban J connectivity index is 1.34. The number of amides is 2. The zero-order chi connectivity index (χ0) is 20.9. The van der Waals surface area contributed by atoms with Crippen molar-refractivity contribution in [2.75, 3.05) is 39.5 Å². The molecule has 0 spiro atoms. The molecule has 0 saturated carbocycles. The average molecular weight is 412 g/mol. The summed E-state index contributed by atoms with van der Waals surface area (Å²) < 4.78 is 24.6. The van der Waals surface area contributed by atoms with Crippen LogP contribution in [-0.4, -0.2) is 67.1 Å². The maximum Gasteiger partial charge on any atom is 0.254 e. The Morgan fingerprint density at radius 2 is 1.77 bits per heavy atom. The lowest BCUT2D eigenvalue weighted by atomic mass is 10.1. The summed E-state index contributed by atoms with van der Waals surface area (Å²) in [6, 6.07) is 12.8. The third-order valence-electron chi connectivity index (χ3n) is 5.55. The first-order valence-corrected chi connectivity index (χ1v) is 10.3. The largest absolute Gasteiger partial charge is 0.491 e. The van der Waals surface area contributed by atoms with Crippen LogP contribution in [0.5, 0.6) is 5.75 Å². The molecule has 30 heavy (non-hydrogen) atoms. The number of ether oxygens (including phenoxy) is 2. The van der Waals surface area contributed by atoms with Crippen molar-refractivity contribution in [1.29, 1.82) is 0 Å². The average Bonchev–Trinajstić information content (AvgIpc) is 3.26. The number of carbonyl (C=O) groups excluding carboxylic acids is 2. The summed E-state index contributed by atoms with van der Waals surface area (Å²) in [6.45, 7) is 3.34. The number of hydrogen-bond acceptors (Lipinski definition) is 4. The van der Waals surface area contributed by atoms with Crippen LogP contribution in [0.25, 0.3) is 0 Å². The molecule has 7 heteroatoms. The molecule has 2 amide bonds. The van der Waals surface area contributed by atoms with Crippen LogP contribution < -0.4 is 4.74 Å². The maximum absolute atomic E-state index is 13.5. The highest BCUT2D eigenvalue weighted by Crippen LogP contribution is 2.22. The van der Waals surface area contributed by atoms with Gasteiger partial charge in [-0.15, -0.1) is 0 Å². The molecule has 2 aliphatic heterocycles. The van der Waals surface area contributed by atoms with Crippen LogP contribution in [0.15, 0.2) is 48.5 Å². The van der Waals surface area contributed by atoms with Gasteiger partial charge in [0.1, 0.15) is 18.2 Å². The smallest absolute Gasteiger partial charge is 0.254 e. The van der Waals surface area contributed by atoms with E-state index in [1.165, 1.54) is 12.1 Å². The monoisotopic (exact) mass is 412 g/mol. The van der Waals surface area contributed by atoms with Crippen LogP contribution in [0, 0.1) is 5.82 Å². The van der Waals surface area contributed by atoms with E-state index in [1.54, 1.807) is 46.2 Å². The van der Waals surface area contributed by atoms with E-state index in [1.807, 2.05) is 0 Å². The molecule has 158 valence electrons. The number of carbonyl (C=O) groups is 2. The van der Waals surface area contributed by atoms with E-state index >= 15 is 0 Å². The standard InChI is InChI=1S/C23H25FN2O4/c24-19-4-1-3-18(15-19)23(28)26-10-2-5-20(26)16-30-21-8-6-17(7-9-21)22(27)25-11-13-29-14-12-25/h1,3-4,6-9,15,20H,2,5,10-14,16H2. The van der Waals surface area contributed by atoms with Crippen molar-refractivity contribution in [1.82, 2.24) is 9.80 Å². The van der Waals surface area contributed by atoms with Crippen molar-refractivity contribution in [3.8, 4) is 5.75 Å². The number of benzene rings is 2. The van der Waals surface area contributed by atoms with Crippen LogP contribution in [-0.2, 0) is 4.74 Å². The second-order valence-electron chi connectivity index (χ2n) is 7.54. The predicted octanol–water partition coefficient (Wildman–Crippen LogP) is 2.98. The van der Waals surface area contributed by atoms with Gasteiger partial charge in [-0.25, -0.2) is 4.39 Å². The first-order valence-electron chi connectivity index (χ1n) is 10.3. The molecule has 1 unspecified atom stereocenters. The van der Waals surface area contributed by atoms with Crippen LogP contribution in [0.3, 0.4) is 0 Å². The number of morpholine rings is 1. The molecule has 0 aliphatic carbocycles. The summed E-state index contributed by atoms with van der Waals surface area (Å²) in [5.41, 5.74) is 0.973. The molecule has 0 bridgehead atoms. The highest BCUT2D eigenvalue weighted by Gasteiger charge is 2.30. The predicted molar refractivity (Wildman–Crippen MR) is 109 cm³/mol. The molecule has 4 rings (SSSR count). The highest BCUT2D eigenvalue weighted by atomic mass is 19.1. The summed E-state index contributed by atoms with van der Waals surface area (Å²) in [6.07, 6.45) is 1.73. The Hall–Kier alpha value is -2.93. The minimum absolute atomic E-state index is 0.00694. The Kier molecular flexibility index (Phi) is 6.28. The topological polar surface area (TPSA) is 59.1 Å². The van der Waals surface area contributed by atoms with Crippen molar-refractivity contribution < 1.29 is 23.5 Å². The lowest BCUT2D eigenvalue weighted by molar-refractivity contribution is 0.0303. The van der Waals surface area contributed by atoms with Crippen LogP contribution in [0.4, 0.5) is 4.39 Å². The summed E-state index contributed by atoms with van der Waals surface area (Å²) in [5, 5.41) is 0. The zero-order valence-corrected chi connectivity index (χ0v) is 16.8. The second-order valence-corrected chi connectivity index (χ2v) is 7.54. The number of likely N-dealkylation sites (tertiary alicyclic amines) is 1. The van der Waals surface area contributed by atoms with Gasteiger partial charge in [0.2, 0.25) is 0 Å². The number of nitrogens with zero attached hydrogens (tertiary/aromatic N) is 2. The van der Waals surface area contributed by atoms with Gasteiger partial charge in [0.15, 0.2) is 0 Å². The molecule has 2 aromatic rings. The first kappa shape index (κ1) is 20.3. The molecule has 6 nitrogen and oxygen atoms in total. The Morgan fingerprint density at radius 1 is 1.00 bits per heavy atom. The van der Waals surface area contributed by atoms with E-state index in [-0.39, 0.29) is 17.9 Å².